The van der Waals surface area contributed by atoms with Crippen molar-refractivity contribution in [2.45, 2.75) is 44.9 Å². The molecule has 2 aromatic rings. The van der Waals surface area contributed by atoms with Crippen molar-refractivity contribution < 1.29 is 9.53 Å². The van der Waals surface area contributed by atoms with Crippen LogP contribution in [0.5, 0.6) is 5.75 Å². The maximum atomic E-state index is 13.2. The number of methoxy groups -OCH3 is 1. The number of carbonyl (C=O) groups is 1. The molecule has 2 heterocycles. The first-order valence-electron chi connectivity index (χ1n) is 9.41. The van der Waals surface area contributed by atoms with E-state index < -0.39 is 0 Å². The van der Waals surface area contributed by atoms with Crippen LogP contribution in [-0.4, -0.2) is 51.2 Å². The van der Waals surface area contributed by atoms with Gasteiger partial charge in [0.05, 0.1) is 7.11 Å². The lowest BCUT2D eigenvalue weighted by Crippen LogP contribution is -2.46. The minimum atomic E-state index is 0.0895. The van der Waals surface area contributed by atoms with Gasteiger partial charge in [0, 0.05) is 18.7 Å². The number of likely N-dealkylation sites (tertiary alicyclic amines) is 1. The fourth-order valence-corrected chi connectivity index (χ4v) is 4.55. The van der Waals surface area contributed by atoms with Gasteiger partial charge in [-0.05, 0) is 59.7 Å². The second kappa shape index (κ2) is 7.05. The standard InChI is InChI=1S/C19H25N5O2/c1-26-17-7-6-15(12-16(17)24-14-20-21-22-24)18(25)23-11-5-10-19(13-23)8-3-2-4-9-19/h6-7,12,14H,2-5,8-11,13H2,1H3. The molecule has 1 aliphatic heterocycles. The van der Waals surface area contributed by atoms with Gasteiger partial charge in [-0.2, -0.15) is 4.68 Å². The van der Waals surface area contributed by atoms with E-state index in [9.17, 15) is 4.79 Å². The number of hydrogen-bond acceptors (Lipinski definition) is 5. The van der Waals surface area contributed by atoms with Crippen molar-refractivity contribution in [3.8, 4) is 11.4 Å². The Morgan fingerprint density at radius 3 is 2.69 bits per heavy atom. The number of tetrazole rings is 1. The van der Waals surface area contributed by atoms with Gasteiger partial charge in [-0.1, -0.05) is 19.3 Å². The van der Waals surface area contributed by atoms with Gasteiger partial charge >= 0.3 is 0 Å². The van der Waals surface area contributed by atoms with Crippen molar-refractivity contribution in [3.05, 3.63) is 30.1 Å². The molecule has 26 heavy (non-hydrogen) atoms. The largest absolute Gasteiger partial charge is 0.494 e. The molecule has 1 saturated carbocycles. The van der Waals surface area contributed by atoms with E-state index in [1.807, 2.05) is 23.1 Å². The first-order chi connectivity index (χ1) is 12.7. The summed E-state index contributed by atoms with van der Waals surface area (Å²) in [5.74, 6) is 0.725. The van der Waals surface area contributed by atoms with Crippen LogP contribution < -0.4 is 4.74 Å². The quantitative estimate of drug-likeness (QED) is 0.846. The number of nitrogens with zero attached hydrogens (tertiary/aromatic N) is 5. The van der Waals surface area contributed by atoms with E-state index in [4.69, 9.17) is 4.74 Å². The maximum absolute atomic E-state index is 13.2. The van der Waals surface area contributed by atoms with Crippen LogP contribution in [0.4, 0.5) is 0 Å². The minimum absolute atomic E-state index is 0.0895. The number of amides is 1. The Morgan fingerprint density at radius 2 is 1.96 bits per heavy atom. The van der Waals surface area contributed by atoms with E-state index in [2.05, 4.69) is 15.5 Å². The maximum Gasteiger partial charge on any atom is 0.253 e. The van der Waals surface area contributed by atoms with Gasteiger partial charge in [-0.15, -0.1) is 5.10 Å². The van der Waals surface area contributed by atoms with Gasteiger partial charge in [0.25, 0.3) is 5.91 Å². The summed E-state index contributed by atoms with van der Waals surface area (Å²) < 4.78 is 6.92. The summed E-state index contributed by atoms with van der Waals surface area (Å²) in [4.78, 5) is 15.2. The van der Waals surface area contributed by atoms with Gasteiger partial charge in [-0.25, -0.2) is 0 Å². The normalized spacial score (nSPS) is 19.5. The van der Waals surface area contributed by atoms with Crippen molar-refractivity contribution in [2.24, 2.45) is 5.41 Å². The lowest BCUT2D eigenvalue weighted by Gasteiger charge is -2.45. The van der Waals surface area contributed by atoms with E-state index >= 15 is 0 Å². The van der Waals surface area contributed by atoms with E-state index in [0.717, 1.165) is 19.5 Å². The number of hydrogen-bond donors (Lipinski definition) is 0. The fourth-order valence-electron chi connectivity index (χ4n) is 4.55. The second-order valence-electron chi connectivity index (χ2n) is 7.53. The number of rotatable bonds is 3. The van der Waals surface area contributed by atoms with Crippen molar-refractivity contribution in [1.29, 1.82) is 0 Å². The average molecular weight is 355 g/mol. The third-order valence-electron chi connectivity index (χ3n) is 5.88. The number of carbonyl (C=O) groups excluding carboxylic acids is 1. The van der Waals surface area contributed by atoms with E-state index in [1.165, 1.54) is 49.5 Å². The van der Waals surface area contributed by atoms with E-state index in [-0.39, 0.29) is 5.91 Å². The zero-order valence-electron chi connectivity index (χ0n) is 15.2. The summed E-state index contributed by atoms with van der Waals surface area (Å²) in [6.07, 6.45) is 10.3. The Labute approximate surface area is 153 Å². The van der Waals surface area contributed by atoms with E-state index in [0.29, 0.717) is 22.4 Å². The van der Waals surface area contributed by atoms with Crippen LogP contribution in [0.25, 0.3) is 5.69 Å². The molecule has 1 aromatic heterocycles. The molecule has 7 nitrogen and oxygen atoms in total. The Kier molecular flexibility index (Phi) is 4.61. The summed E-state index contributed by atoms with van der Waals surface area (Å²) in [6.45, 7) is 1.73. The highest BCUT2D eigenvalue weighted by atomic mass is 16.5. The molecule has 1 saturated heterocycles. The lowest BCUT2D eigenvalue weighted by molar-refractivity contribution is 0.0384. The fraction of sp³-hybridized carbons (Fsp3) is 0.579. The Bertz CT molecular complexity index is 763. The summed E-state index contributed by atoms with van der Waals surface area (Å²) in [5.41, 5.74) is 1.67. The SMILES string of the molecule is COc1ccc(C(=O)N2CCCC3(CCCCC3)C2)cc1-n1cnnn1. The third-order valence-corrected chi connectivity index (χ3v) is 5.88. The molecule has 2 fully saturated rings. The first-order valence-corrected chi connectivity index (χ1v) is 9.41. The molecule has 0 radical (unpaired) electrons. The van der Waals surface area contributed by atoms with Crippen molar-refractivity contribution >= 4 is 5.91 Å². The predicted molar refractivity (Wildman–Crippen MR) is 96.4 cm³/mol. The van der Waals surface area contributed by atoms with Gasteiger partial charge in [-0.3, -0.25) is 4.79 Å². The van der Waals surface area contributed by atoms with Crippen LogP contribution in [-0.2, 0) is 0 Å². The number of aromatic nitrogens is 4. The molecule has 0 N–H and O–H groups in total. The Morgan fingerprint density at radius 1 is 1.15 bits per heavy atom. The van der Waals surface area contributed by atoms with Gasteiger partial charge < -0.3 is 9.64 Å². The topological polar surface area (TPSA) is 73.1 Å². The second-order valence-corrected chi connectivity index (χ2v) is 7.53. The van der Waals surface area contributed by atoms with Crippen LogP contribution in [0, 0.1) is 5.41 Å². The lowest BCUT2D eigenvalue weighted by atomic mass is 9.69. The molecule has 138 valence electrons. The summed E-state index contributed by atoms with van der Waals surface area (Å²) in [7, 11) is 1.60. The molecular weight excluding hydrogens is 330 g/mol. The smallest absolute Gasteiger partial charge is 0.253 e. The molecular formula is C19H25N5O2. The highest BCUT2D eigenvalue weighted by molar-refractivity contribution is 5.95. The first kappa shape index (κ1) is 17.0. The molecule has 4 rings (SSSR count). The van der Waals surface area contributed by atoms with Crippen LogP contribution in [0.1, 0.15) is 55.3 Å². The summed E-state index contributed by atoms with van der Waals surface area (Å²) in [6, 6.07) is 5.46. The average Bonchev–Trinajstić information content (AvgIpc) is 3.22. The zero-order valence-corrected chi connectivity index (χ0v) is 15.2. The van der Waals surface area contributed by atoms with Gasteiger partial charge in [0.1, 0.15) is 17.8 Å². The van der Waals surface area contributed by atoms with Crippen LogP contribution >= 0.6 is 0 Å². The molecule has 7 heteroatoms. The van der Waals surface area contributed by atoms with Crippen LogP contribution in [0.2, 0.25) is 0 Å². The molecule has 1 aliphatic carbocycles. The highest BCUT2D eigenvalue weighted by Gasteiger charge is 2.38. The minimum Gasteiger partial charge on any atom is -0.494 e. The number of benzene rings is 1. The molecule has 2 aliphatic rings. The summed E-state index contributed by atoms with van der Waals surface area (Å²) in [5, 5.41) is 11.3. The van der Waals surface area contributed by atoms with Crippen LogP contribution in [0.15, 0.2) is 24.5 Å². The Hall–Kier alpha value is -2.44. The summed E-state index contributed by atoms with van der Waals surface area (Å²) >= 11 is 0. The zero-order chi connectivity index (χ0) is 18.0. The Balaban J connectivity index is 1.59. The van der Waals surface area contributed by atoms with E-state index in [1.54, 1.807) is 7.11 Å². The highest BCUT2D eigenvalue weighted by Crippen LogP contribution is 2.43. The monoisotopic (exact) mass is 355 g/mol. The molecule has 1 amide bonds. The third kappa shape index (κ3) is 3.18. The number of ether oxygens (including phenoxy) is 1. The molecule has 1 spiro atoms. The van der Waals surface area contributed by atoms with Gasteiger partial charge in [0.2, 0.25) is 0 Å². The van der Waals surface area contributed by atoms with Crippen molar-refractivity contribution in [1.82, 2.24) is 25.1 Å². The van der Waals surface area contributed by atoms with Crippen molar-refractivity contribution in [2.75, 3.05) is 20.2 Å². The number of piperidine rings is 1. The van der Waals surface area contributed by atoms with Crippen LogP contribution in [0.3, 0.4) is 0 Å². The molecule has 0 unspecified atom stereocenters. The predicted octanol–water partition coefficient (Wildman–Crippen LogP) is 2.86. The van der Waals surface area contributed by atoms with Gasteiger partial charge in [0.15, 0.2) is 0 Å². The molecule has 0 bridgehead atoms. The van der Waals surface area contributed by atoms with Crippen molar-refractivity contribution in [3.63, 3.8) is 0 Å². The molecule has 1 aromatic carbocycles. The molecule has 0 atom stereocenters.